The molecule has 3 nitrogen and oxygen atoms in total. The van der Waals surface area contributed by atoms with E-state index in [2.05, 4.69) is 11.7 Å². The molecule has 0 heterocycles. The number of hydrazine groups is 1. The maximum Gasteiger partial charge on any atom is 0.0640 e. The van der Waals surface area contributed by atoms with E-state index in [1.807, 2.05) is 13.8 Å². The standard InChI is InChI=1S/C7H15N3/c1-5-7(6(2)3)9-10(4)8/h5-6H,1,8H2,2-4H3/b9-7+. The summed E-state index contributed by atoms with van der Waals surface area (Å²) in [4.78, 5) is 0. The van der Waals surface area contributed by atoms with Crippen LogP contribution in [0, 0.1) is 5.92 Å². The van der Waals surface area contributed by atoms with E-state index < -0.39 is 0 Å². The van der Waals surface area contributed by atoms with Gasteiger partial charge in [0.1, 0.15) is 0 Å². The number of nitrogens with two attached hydrogens (primary N) is 1. The van der Waals surface area contributed by atoms with E-state index in [0.29, 0.717) is 5.92 Å². The first-order chi connectivity index (χ1) is 4.57. The molecule has 0 fully saturated rings. The molecule has 10 heavy (non-hydrogen) atoms. The molecule has 0 saturated carbocycles. The van der Waals surface area contributed by atoms with Crippen molar-refractivity contribution in [1.29, 1.82) is 0 Å². The maximum atomic E-state index is 5.30. The lowest BCUT2D eigenvalue weighted by Gasteiger charge is -2.09. The molecule has 0 aliphatic carbocycles. The van der Waals surface area contributed by atoms with Gasteiger partial charge < -0.3 is 0 Å². The highest BCUT2D eigenvalue weighted by atomic mass is 15.6. The fraction of sp³-hybridized carbons (Fsp3) is 0.571. The van der Waals surface area contributed by atoms with Crippen molar-refractivity contribution in [3.05, 3.63) is 12.7 Å². The van der Waals surface area contributed by atoms with Crippen LogP contribution in [0.4, 0.5) is 0 Å². The molecule has 0 rings (SSSR count). The third-order valence-electron chi connectivity index (χ3n) is 1.07. The lowest BCUT2D eigenvalue weighted by atomic mass is 10.1. The summed E-state index contributed by atoms with van der Waals surface area (Å²) in [5, 5.41) is 5.29. The number of hydrogen-bond donors (Lipinski definition) is 1. The van der Waals surface area contributed by atoms with Gasteiger partial charge in [0.05, 0.1) is 5.71 Å². The van der Waals surface area contributed by atoms with E-state index in [1.54, 1.807) is 13.1 Å². The first kappa shape index (κ1) is 9.17. The molecule has 0 amide bonds. The van der Waals surface area contributed by atoms with E-state index in [1.165, 1.54) is 5.12 Å². The van der Waals surface area contributed by atoms with Crippen molar-refractivity contribution in [2.45, 2.75) is 13.8 Å². The second-order valence-electron chi connectivity index (χ2n) is 2.46. The molecule has 0 aromatic heterocycles. The first-order valence-corrected chi connectivity index (χ1v) is 3.27. The Morgan fingerprint density at radius 1 is 1.70 bits per heavy atom. The van der Waals surface area contributed by atoms with Crippen molar-refractivity contribution in [3.8, 4) is 0 Å². The number of nitrogens with zero attached hydrogens (tertiary/aromatic N) is 2. The van der Waals surface area contributed by atoms with E-state index >= 15 is 0 Å². The number of hydrogen-bond acceptors (Lipinski definition) is 3. The van der Waals surface area contributed by atoms with Crippen molar-refractivity contribution in [1.82, 2.24) is 5.12 Å². The van der Waals surface area contributed by atoms with Crippen LogP contribution in [0.2, 0.25) is 0 Å². The van der Waals surface area contributed by atoms with Crippen molar-refractivity contribution < 1.29 is 0 Å². The predicted octanol–water partition coefficient (Wildman–Crippen LogP) is 0.990. The molecule has 0 aromatic rings. The minimum atomic E-state index is 0.378. The van der Waals surface area contributed by atoms with Crippen LogP contribution >= 0.6 is 0 Å². The monoisotopic (exact) mass is 141 g/mol. The van der Waals surface area contributed by atoms with E-state index in [-0.39, 0.29) is 0 Å². The molecule has 0 aromatic carbocycles. The Labute approximate surface area is 62.2 Å². The Kier molecular flexibility index (Phi) is 3.72. The summed E-state index contributed by atoms with van der Waals surface area (Å²) in [5.74, 6) is 5.68. The molecule has 58 valence electrons. The van der Waals surface area contributed by atoms with Gasteiger partial charge in [-0.3, -0.25) is 0 Å². The normalized spacial score (nSPS) is 11.9. The van der Waals surface area contributed by atoms with Crippen molar-refractivity contribution >= 4 is 5.71 Å². The molecule has 0 aliphatic rings. The minimum absolute atomic E-state index is 0.378. The van der Waals surface area contributed by atoms with E-state index in [9.17, 15) is 0 Å². The molecule has 3 heteroatoms. The number of hydrazone groups is 1. The zero-order valence-corrected chi connectivity index (χ0v) is 6.83. The highest BCUT2D eigenvalue weighted by Crippen LogP contribution is 1.97. The van der Waals surface area contributed by atoms with Crippen LogP contribution < -0.4 is 5.84 Å². The lowest BCUT2D eigenvalue weighted by Crippen LogP contribution is -2.22. The van der Waals surface area contributed by atoms with Gasteiger partial charge in [-0.15, -0.1) is 0 Å². The third-order valence-corrected chi connectivity index (χ3v) is 1.07. The third kappa shape index (κ3) is 3.25. The Hall–Kier alpha value is -0.830. The van der Waals surface area contributed by atoms with Gasteiger partial charge in [-0.2, -0.15) is 5.10 Å². The number of rotatable bonds is 3. The van der Waals surface area contributed by atoms with Crippen LogP contribution in [0.1, 0.15) is 13.8 Å². The second-order valence-corrected chi connectivity index (χ2v) is 2.46. The summed E-state index contributed by atoms with van der Waals surface area (Å²) >= 11 is 0. The predicted molar refractivity (Wildman–Crippen MR) is 44.4 cm³/mol. The summed E-state index contributed by atoms with van der Waals surface area (Å²) in [6.45, 7) is 7.71. The van der Waals surface area contributed by atoms with Crippen LogP contribution in [0.3, 0.4) is 0 Å². The highest BCUT2D eigenvalue weighted by molar-refractivity contribution is 5.95. The molecule has 2 N–H and O–H groups in total. The molecule has 0 aliphatic heterocycles. The molecular weight excluding hydrogens is 126 g/mol. The van der Waals surface area contributed by atoms with Gasteiger partial charge in [0.2, 0.25) is 0 Å². The van der Waals surface area contributed by atoms with Crippen molar-refractivity contribution in [2.24, 2.45) is 16.9 Å². The molecule has 0 bridgehead atoms. The second kappa shape index (κ2) is 4.06. The Morgan fingerprint density at radius 2 is 2.20 bits per heavy atom. The molecular formula is C7H15N3. The topological polar surface area (TPSA) is 41.6 Å². The van der Waals surface area contributed by atoms with E-state index in [4.69, 9.17) is 5.84 Å². The SMILES string of the molecule is C=C/C(=N\N(C)N)C(C)C. The molecule has 0 unspecified atom stereocenters. The largest absolute Gasteiger partial charge is 0.235 e. The Morgan fingerprint density at radius 3 is 2.30 bits per heavy atom. The Bertz CT molecular complexity index is 136. The minimum Gasteiger partial charge on any atom is -0.235 e. The maximum absolute atomic E-state index is 5.30. The van der Waals surface area contributed by atoms with Gasteiger partial charge in [0.25, 0.3) is 0 Å². The highest BCUT2D eigenvalue weighted by Gasteiger charge is 1.99. The van der Waals surface area contributed by atoms with E-state index in [0.717, 1.165) is 5.71 Å². The van der Waals surface area contributed by atoms with Crippen LogP contribution in [0.15, 0.2) is 17.8 Å². The zero-order valence-electron chi connectivity index (χ0n) is 6.83. The lowest BCUT2D eigenvalue weighted by molar-refractivity contribution is 0.370. The van der Waals surface area contributed by atoms with Gasteiger partial charge in [-0.1, -0.05) is 20.4 Å². The Balaban J connectivity index is 4.18. The average Bonchev–Trinajstić information content (AvgIpc) is 1.81. The van der Waals surface area contributed by atoms with Gasteiger partial charge in [0.15, 0.2) is 0 Å². The van der Waals surface area contributed by atoms with Crippen LogP contribution in [0.5, 0.6) is 0 Å². The summed E-state index contributed by atoms with van der Waals surface area (Å²) in [6, 6.07) is 0. The van der Waals surface area contributed by atoms with Gasteiger partial charge >= 0.3 is 0 Å². The fourth-order valence-corrected chi connectivity index (χ4v) is 0.574. The summed E-state index contributed by atoms with van der Waals surface area (Å²) < 4.78 is 0. The average molecular weight is 141 g/mol. The summed E-state index contributed by atoms with van der Waals surface area (Å²) in [6.07, 6.45) is 1.72. The quantitative estimate of drug-likeness (QED) is 0.362. The molecule has 0 atom stereocenters. The summed E-state index contributed by atoms with van der Waals surface area (Å²) in [7, 11) is 1.69. The van der Waals surface area contributed by atoms with Gasteiger partial charge in [-0.05, 0) is 12.0 Å². The molecule has 0 radical (unpaired) electrons. The summed E-state index contributed by atoms with van der Waals surface area (Å²) in [5.41, 5.74) is 0.907. The van der Waals surface area contributed by atoms with Gasteiger partial charge in [0, 0.05) is 7.05 Å². The van der Waals surface area contributed by atoms with Gasteiger partial charge in [-0.25, -0.2) is 11.0 Å². The fourth-order valence-electron chi connectivity index (χ4n) is 0.574. The zero-order chi connectivity index (χ0) is 8.15. The van der Waals surface area contributed by atoms with Crippen LogP contribution in [0.25, 0.3) is 0 Å². The molecule has 0 spiro atoms. The smallest absolute Gasteiger partial charge is 0.0640 e. The van der Waals surface area contributed by atoms with Crippen molar-refractivity contribution in [3.63, 3.8) is 0 Å². The molecule has 0 saturated heterocycles. The number of allylic oxidation sites excluding steroid dienone is 1. The first-order valence-electron chi connectivity index (χ1n) is 3.27. The van der Waals surface area contributed by atoms with Crippen LogP contribution in [-0.2, 0) is 0 Å². The van der Waals surface area contributed by atoms with Crippen LogP contribution in [-0.4, -0.2) is 17.9 Å². The van der Waals surface area contributed by atoms with Crippen molar-refractivity contribution in [2.75, 3.05) is 7.05 Å².